The van der Waals surface area contributed by atoms with Gasteiger partial charge in [-0.05, 0) is 55.6 Å². The summed E-state index contributed by atoms with van der Waals surface area (Å²) in [4.78, 5) is 7.80. The van der Waals surface area contributed by atoms with Crippen LogP contribution in [0.5, 0.6) is 0 Å². The zero-order valence-electron chi connectivity index (χ0n) is 8.52. The Kier molecular flexibility index (Phi) is 4.42. The van der Waals surface area contributed by atoms with Gasteiger partial charge < -0.3 is 5.32 Å². The van der Waals surface area contributed by atoms with E-state index in [1.165, 1.54) is 18.3 Å². The Balaban J connectivity index is 2.43. The van der Waals surface area contributed by atoms with Gasteiger partial charge in [0.15, 0.2) is 0 Å². The Labute approximate surface area is 129 Å². The van der Waals surface area contributed by atoms with E-state index in [0.717, 1.165) is 0 Å². The van der Waals surface area contributed by atoms with E-state index in [0.29, 0.717) is 20.5 Å². The van der Waals surface area contributed by atoms with Crippen LogP contribution in [0.15, 0.2) is 27.3 Å². The third-order valence-corrected chi connectivity index (χ3v) is 3.65. The predicted molar refractivity (Wildman–Crippen MR) is 77.1 cm³/mol. The lowest BCUT2D eigenvalue weighted by molar-refractivity contribution is 0.627. The summed E-state index contributed by atoms with van der Waals surface area (Å²) in [7, 11) is 0. The molecule has 0 bridgehead atoms. The molecule has 1 aromatic heterocycles. The van der Waals surface area contributed by atoms with Crippen molar-refractivity contribution in [2.45, 2.75) is 0 Å². The van der Waals surface area contributed by atoms with Crippen molar-refractivity contribution < 1.29 is 4.39 Å². The Morgan fingerprint density at radius 1 is 1.17 bits per heavy atom. The van der Waals surface area contributed by atoms with Crippen molar-refractivity contribution in [3.63, 3.8) is 0 Å². The molecule has 0 radical (unpaired) electrons. The molecule has 0 atom stereocenters. The van der Waals surface area contributed by atoms with Crippen LogP contribution in [0.2, 0.25) is 10.3 Å². The van der Waals surface area contributed by atoms with E-state index in [4.69, 9.17) is 23.2 Å². The molecule has 3 nitrogen and oxygen atoms in total. The van der Waals surface area contributed by atoms with Crippen molar-refractivity contribution in [3.05, 3.63) is 43.4 Å². The van der Waals surface area contributed by atoms with E-state index >= 15 is 0 Å². The number of halogens is 5. The monoisotopic (exact) mass is 413 g/mol. The summed E-state index contributed by atoms with van der Waals surface area (Å²) in [6.45, 7) is 0. The van der Waals surface area contributed by atoms with Gasteiger partial charge in [0.25, 0.3) is 0 Å². The average molecular weight is 416 g/mol. The number of benzene rings is 1. The molecule has 18 heavy (non-hydrogen) atoms. The standard InChI is InChI=1S/C10H4Br2Cl2FN3/c11-5-1-4(15)2-7(13)8(5)17-9-6(12)3-16-10(14)18-9/h1-3H,(H,16,17,18). The lowest BCUT2D eigenvalue weighted by Gasteiger charge is -2.11. The molecule has 1 aromatic carbocycles. The fourth-order valence-electron chi connectivity index (χ4n) is 1.21. The minimum atomic E-state index is -0.433. The quantitative estimate of drug-likeness (QED) is 0.686. The minimum Gasteiger partial charge on any atom is -0.337 e. The summed E-state index contributed by atoms with van der Waals surface area (Å²) in [6.07, 6.45) is 1.50. The van der Waals surface area contributed by atoms with E-state index in [1.807, 2.05) is 0 Å². The number of rotatable bonds is 2. The highest BCUT2D eigenvalue weighted by Gasteiger charge is 2.11. The average Bonchev–Trinajstić information content (AvgIpc) is 2.28. The summed E-state index contributed by atoms with van der Waals surface area (Å²) in [6, 6.07) is 2.50. The van der Waals surface area contributed by atoms with E-state index < -0.39 is 5.82 Å². The highest BCUT2D eigenvalue weighted by atomic mass is 79.9. The smallest absolute Gasteiger partial charge is 0.224 e. The highest BCUT2D eigenvalue weighted by molar-refractivity contribution is 9.11. The first kappa shape index (κ1) is 14.0. The van der Waals surface area contributed by atoms with Gasteiger partial charge in [0.1, 0.15) is 11.6 Å². The third-order valence-electron chi connectivity index (χ3n) is 1.96. The van der Waals surface area contributed by atoms with Crippen molar-refractivity contribution >= 4 is 66.6 Å². The van der Waals surface area contributed by atoms with Gasteiger partial charge in [-0.1, -0.05) is 11.6 Å². The third kappa shape index (κ3) is 3.12. The SMILES string of the molecule is Fc1cc(Cl)c(Nc2nc(Cl)ncc2Br)c(Br)c1. The molecule has 0 fully saturated rings. The van der Waals surface area contributed by atoms with E-state index in [9.17, 15) is 4.39 Å². The molecule has 94 valence electrons. The molecule has 0 unspecified atom stereocenters. The molecule has 0 amide bonds. The second-order valence-corrected chi connectivity index (χ2v) is 5.66. The first-order chi connectivity index (χ1) is 8.47. The normalized spacial score (nSPS) is 10.5. The van der Waals surface area contributed by atoms with Crippen LogP contribution in [-0.4, -0.2) is 9.97 Å². The topological polar surface area (TPSA) is 37.8 Å². The Hall–Kier alpha value is -0.430. The first-order valence-electron chi connectivity index (χ1n) is 4.57. The number of nitrogens with one attached hydrogen (secondary N) is 1. The van der Waals surface area contributed by atoms with Gasteiger partial charge in [-0.3, -0.25) is 0 Å². The van der Waals surface area contributed by atoms with Crippen LogP contribution >= 0.6 is 55.1 Å². The summed E-state index contributed by atoms with van der Waals surface area (Å²) >= 11 is 18.1. The number of nitrogens with zero attached hydrogens (tertiary/aromatic N) is 2. The summed E-state index contributed by atoms with van der Waals surface area (Å²) in [5.74, 6) is 0.00131. The molecule has 0 spiro atoms. The molecule has 0 aliphatic carbocycles. The van der Waals surface area contributed by atoms with Crippen molar-refractivity contribution in [2.75, 3.05) is 5.32 Å². The first-order valence-corrected chi connectivity index (χ1v) is 6.91. The van der Waals surface area contributed by atoms with Gasteiger partial charge in [0, 0.05) is 10.7 Å². The lowest BCUT2D eigenvalue weighted by Crippen LogP contribution is -1.98. The molecule has 0 aliphatic rings. The Bertz CT molecular complexity index is 587. The van der Waals surface area contributed by atoms with Crippen LogP contribution in [0.3, 0.4) is 0 Å². The van der Waals surface area contributed by atoms with E-state index in [-0.39, 0.29) is 10.3 Å². The fourth-order valence-corrected chi connectivity index (χ4v) is 2.54. The molecule has 0 saturated heterocycles. The molecular weight excluding hydrogens is 412 g/mol. The van der Waals surface area contributed by atoms with Crippen molar-refractivity contribution in [3.8, 4) is 0 Å². The fraction of sp³-hybridized carbons (Fsp3) is 0. The molecule has 0 aliphatic heterocycles. The molecule has 1 N–H and O–H groups in total. The largest absolute Gasteiger partial charge is 0.337 e. The molecule has 1 heterocycles. The summed E-state index contributed by atoms with van der Waals surface area (Å²) < 4.78 is 14.2. The lowest BCUT2D eigenvalue weighted by atomic mass is 10.3. The zero-order chi connectivity index (χ0) is 13.3. The van der Waals surface area contributed by atoms with Crippen LogP contribution in [0.4, 0.5) is 15.9 Å². The molecule has 2 aromatic rings. The van der Waals surface area contributed by atoms with Crippen LogP contribution in [0, 0.1) is 5.82 Å². The second-order valence-electron chi connectivity index (χ2n) is 3.21. The Morgan fingerprint density at radius 2 is 1.89 bits per heavy atom. The maximum atomic E-state index is 13.1. The van der Waals surface area contributed by atoms with Gasteiger partial charge >= 0.3 is 0 Å². The van der Waals surface area contributed by atoms with Gasteiger partial charge in [-0.2, -0.15) is 4.98 Å². The van der Waals surface area contributed by atoms with Gasteiger partial charge in [-0.15, -0.1) is 0 Å². The number of aromatic nitrogens is 2. The number of hydrogen-bond donors (Lipinski definition) is 1. The molecule has 0 saturated carbocycles. The number of hydrogen-bond acceptors (Lipinski definition) is 3. The van der Waals surface area contributed by atoms with Gasteiger partial charge in [-0.25, -0.2) is 9.37 Å². The maximum absolute atomic E-state index is 13.1. The summed E-state index contributed by atoms with van der Waals surface area (Å²) in [5.41, 5.74) is 0.494. The van der Waals surface area contributed by atoms with Crippen LogP contribution < -0.4 is 5.32 Å². The minimum absolute atomic E-state index is 0.0926. The van der Waals surface area contributed by atoms with Crippen molar-refractivity contribution in [1.82, 2.24) is 9.97 Å². The maximum Gasteiger partial charge on any atom is 0.224 e. The summed E-state index contributed by atoms with van der Waals surface area (Å²) in [5, 5.41) is 3.27. The van der Waals surface area contributed by atoms with Crippen molar-refractivity contribution in [1.29, 1.82) is 0 Å². The van der Waals surface area contributed by atoms with Gasteiger partial charge in [0.2, 0.25) is 5.28 Å². The van der Waals surface area contributed by atoms with Crippen LogP contribution in [0.1, 0.15) is 0 Å². The molecule has 8 heteroatoms. The zero-order valence-corrected chi connectivity index (χ0v) is 13.2. The van der Waals surface area contributed by atoms with E-state index in [2.05, 4.69) is 47.1 Å². The second kappa shape index (κ2) is 5.69. The van der Waals surface area contributed by atoms with E-state index in [1.54, 1.807) is 0 Å². The Morgan fingerprint density at radius 3 is 2.56 bits per heavy atom. The van der Waals surface area contributed by atoms with Crippen LogP contribution in [0.25, 0.3) is 0 Å². The molecular formula is C10H4Br2Cl2FN3. The van der Waals surface area contributed by atoms with Gasteiger partial charge in [0.05, 0.1) is 15.2 Å². The van der Waals surface area contributed by atoms with Crippen LogP contribution in [-0.2, 0) is 0 Å². The predicted octanol–water partition coefficient (Wildman–Crippen LogP) is 5.19. The highest BCUT2D eigenvalue weighted by Crippen LogP contribution is 2.35. The molecule has 2 rings (SSSR count). The van der Waals surface area contributed by atoms with Crippen molar-refractivity contribution in [2.24, 2.45) is 0 Å². The number of anilines is 2.